The zero-order valence-corrected chi connectivity index (χ0v) is 10.5. The van der Waals surface area contributed by atoms with Crippen molar-refractivity contribution in [3.05, 3.63) is 64.4 Å². The molecule has 0 heterocycles. The maximum Gasteiger partial charge on any atom is 0.336 e. The summed E-state index contributed by atoms with van der Waals surface area (Å²) in [5, 5.41) is 9.57. The highest BCUT2D eigenvalue weighted by Gasteiger charge is 2.11. The van der Waals surface area contributed by atoms with Crippen LogP contribution in [0.3, 0.4) is 0 Å². The van der Waals surface area contributed by atoms with Crippen molar-refractivity contribution in [2.24, 2.45) is 0 Å². The molecule has 98 valence electrons. The number of carboxylic acids is 1. The molecule has 0 radical (unpaired) electrons. The van der Waals surface area contributed by atoms with Crippen LogP contribution in [-0.4, -0.2) is 11.1 Å². The number of rotatable bonds is 4. The van der Waals surface area contributed by atoms with Gasteiger partial charge in [0, 0.05) is 10.6 Å². The molecular formula is C14H10ClFO3. The van der Waals surface area contributed by atoms with Gasteiger partial charge in [-0.15, -0.1) is 0 Å². The number of carbonyl (C=O) groups is 1. The third-order valence-electron chi connectivity index (χ3n) is 2.51. The van der Waals surface area contributed by atoms with Gasteiger partial charge in [0.2, 0.25) is 0 Å². The van der Waals surface area contributed by atoms with Gasteiger partial charge in [-0.25, -0.2) is 9.18 Å². The highest BCUT2D eigenvalue weighted by atomic mass is 35.5. The van der Waals surface area contributed by atoms with Crippen molar-refractivity contribution in [2.45, 2.75) is 6.61 Å². The normalized spacial score (nSPS) is 10.2. The molecule has 0 bridgehead atoms. The first-order chi connectivity index (χ1) is 9.06. The summed E-state index contributed by atoms with van der Waals surface area (Å²) in [5.74, 6) is -1.08. The summed E-state index contributed by atoms with van der Waals surface area (Å²) in [6, 6.07) is 10.1. The summed E-state index contributed by atoms with van der Waals surface area (Å²) >= 11 is 5.73. The Morgan fingerprint density at radius 1 is 1.21 bits per heavy atom. The lowest BCUT2D eigenvalue weighted by atomic mass is 10.1. The standard InChI is InChI=1S/C14H10ClFO3/c15-10-1-4-12(5-2-10)19-8-9-7-11(16)3-6-13(9)14(17)18/h1-7H,8H2,(H,17,18). The van der Waals surface area contributed by atoms with E-state index in [2.05, 4.69) is 0 Å². The van der Waals surface area contributed by atoms with Gasteiger partial charge in [0.05, 0.1) is 5.56 Å². The molecule has 2 aromatic rings. The van der Waals surface area contributed by atoms with E-state index < -0.39 is 11.8 Å². The molecule has 0 spiro atoms. The van der Waals surface area contributed by atoms with Gasteiger partial charge in [-0.1, -0.05) is 11.6 Å². The van der Waals surface area contributed by atoms with Crippen LogP contribution < -0.4 is 4.74 Å². The average Bonchev–Trinajstić information content (AvgIpc) is 2.38. The summed E-state index contributed by atoms with van der Waals surface area (Å²) in [6.45, 7) is -0.0268. The monoisotopic (exact) mass is 280 g/mol. The lowest BCUT2D eigenvalue weighted by Gasteiger charge is -2.09. The van der Waals surface area contributed by atoms with Crippen LogP contribution in [-0.2, 0) is 6.61 Å². The van der Waals surface area contributed by atoms with Gasteiger partial charge in [0.15, 0.2) is 0 Å². The SMILES string of the molecule is O=C(O)c1ccc(F)cc1COc1ccc(Cl)cc1. The molecule has 1 N–H and O–H groups in total. The molecule has 3 nitrogen and oxygen atoms in total. The van der Waals surface area contributed by atoms with Crippen molar-refractivity contribution in [3.63, 3.8) is 0 Å². The topological polar surface area (TPSA) is 46.5 Å². The predicted molar refractivity (Wildman–Crippen MR) is 69.1 cm³/mol. The molecular weight excluding hydrogens is 271 g/mol. The van der Waals surface area contributed by atoms with E-state index >= 15 is 0 Å². The van der Waals surface area contributed by atoms with E-state index in [9.17, 15) is 9.18 Å². The molecule has 0 aliphatic carbocycles. The zero-order valence-electron chi connectivity index (χ0n) is 9.77. The summed E-state index contributed by atoms with van der Waals surface area (Å²) in [6.07, 6.45) is 0. The van der Waals surface area contributed by atoms with Crippen LogP contribution in [0.1, 0.15) is 15.9 Å². The molecule has 0 atom stereocenters. The number of carboxylic acid groups (broad SMARTS) is 1. The minimum Gasteiger partial charge on any atom is -0.489 e. The second kappa shape index (κ2) is 5.71. The Hall–Kier alpha value is -2.07. The van der Waals surface area contributed by atoms with E-state index in [-0.39, 0.29) is 17.7 Å². The van der Waals surface area contributed by atoms with Gasteiger partial charge >= 0.3 is 5.97 Å². The number of benzene rings is 2. The molecule has 19 heavy (non-hydrogen) atoms. The summed E-state index contributed by atoms with van der Waals surface area (Å²) < 4.78 is 18.5. The van der Waals surface area contributed by atoms with E-state index in [1.54, 1.807) is 24.3 Å². The molecule has 2 aromatic carbocycles. The predicted octanol–water partition coefficient (Wildman–Crippen LogP) is 3.76. The molecule has 0 aliphatic heterocycles. The van der Waals surface area contributed by atoms with E-state index in [1.807, 2.05) is 0 Å². The van der Waals surface area contributed by atoms with Crippen LogP contribution in [0.5, 0.6) is 5.75 Å². The maximum absolute atomic E-state index is 13.1. The van der Waals surface area contributed by atoms with Crippen LogP contribution in [0.4, 0.5) is 4.39 Å². The molecule has 0 unspecified atom stereocenters. The quantitative estimate of drug-likeness (QED) is 0.927. The molecule has 0 aliphatic rings. The van der Waals surface area contributed by atoms with Crippen molar-refractivity contribution < 1.29 is 19.0 Å². The van der Waals surface area contributed by atoms with Gasteiger partial charge in [-0.05, 0) is 42.5 Å². The molecule has 0 amide bonds. The first-order valence-electron chi connectivity index (χ1n) is 5.46. The van der Waals surface area contributed by atoms with Crippen LogP contribution in [0, 0.1) is 5.82 Å². The van der Waals surface area contributed by atoms with E-state index in [1.165, 1.54) is 6.07 Å². The minimum absolute atomic E-state index is 0.0235. The Morgan fingerprint density at radius 3 is 2.53 bits per heavy atom. The fourth-order valence-corrected chi connectivity index (χ4v) is 1.71. The second-order valence-electron chi connectivity index (χ2n) is 3.85. The van der Waals surface area contributed by atoms with Gasteiger partial charge in [0.1, 0.15) is 18.2 Å². The van der Waals surface area contributed by atoms with Gasteiger partial charge in [0.25, 0.3) is 0 Å². The summed E-state index contributed by atoms with van der Waals surface area (Å²) in [4.78, 5) is 11.0. The maximum atomic E-state index is 13.1. The van der Waals surface area contributed by atoms with Crippen molar-refractivity contribution in [1.29, 1.82) is 0 Å². The molecule has 0 saturated carbocycles. The lowest BCUT2D eigenvalue weighted by Crippen LogP contribution is -2.06. The van der Waals surface area contributed by atoms with Crippen molar-refractivity contribution in [3.8, 4) is 5.75 Å². The zero-order chi connectivity index (χ0) is 13.8. The second-order valence-corrected chi connectivity index (χ2v) is 4.29. The van der Waals surface area contributed by atoms with Crippen molar-refractivity contribution in [1.82, 2.24) is 0 Å². The highest BCUT2D eigenvalue weighted by molar-refractivity contribution is 6.30. The fraction of sp³-hybridized carbons (Fsp3) is 0.0714. The first-order valence-corrected chi connectivity index (χ1v) is 5.84. The van der Waals surface area contributed by atoms with Gasteiger partial charge in [-0.2, -0.15) is 0 Å². The third kappa shape index (κ3) is 3.45. The van der Waals surface area contributed by atoms with E-state index in [0.717, 1.165) is 12.1 Å². The fourth-order valence-electron chi connectivity index (χ4n) is 1.58. The Morgan fingerprint density at radius 2 is 1.89 bits per heavy atom. The molecule has 5 heteroatoms. The first kappa shape index (κ1) is 13.4. The summed E-state index contributed by atoms with van der Waals surface area (Å²) in [7, 11) is 0. The highest BCUT2D eigenvalue weighted by Crippen LogP contribution is 2.18. The third-order valence-corrected chi connectivity index (χ3v) is 2.76. The molecule has 2 rings (SSSR count). The summed E-state index contributed by atoms with van der Waals surface area (Å²) in [5.41, 5.74) is 0.304. The van der Waals surface area contributed by atoms with Crippen LogP contribution in [0.2, 0.25) is 5.02 Å². The molecule has 0 saturated heterocycles. The van der Waals surface area contributed by atoms with Crippen LogP contribution in [0.15, 0.2) is 42.5 Å². The smallest absolute Gasteiger partial charge is 0.336 e. The molecule has 0 aromatic heterocycles. The minimum atomic E-state index is -1.12. The largest absolute Gasteiger partial charge is 0.489 e. The van der Waals surface area contributed by atoms with Crippen LogP contribution in [0.25, 0.3) is 0 Å². The number of hydrogen-bond donors (Lipinski definition) is 1. The van der Waals surface area contributed by atoms with Crippen molar-refractivity contribution in [2.75, 3.05) is 0 Å². The Balaban J connectivity index is 2.16. The molecule has 0 fully saturated rings. The number of halogens is 2. The van der Waals surface area contributed by atoms with Gasteiger partial charge < -0.3 is 9.84 Å². The van der Waals surface area contributed by atoms with E-state index in [0.29, 0.717) is 10.8 Å². The van der Waals surface area contributed by atoms with Gasteiger partial charge in [-0.3, -0.25) is 0 Å². The van der Waals surface area contributed by atoms with E-state index in [4.69, 9.17) is 21.4 Å². The Labute approximate surface area is 114 Å². The average molecular weight is 281 g/mol. The Kier molecular flexibility index (Phi) is 4.02. The Bertz CT molecular complexity index is 596. The number of hydrogen-bond acceptors (Lipinski definition) is 2. The number of aromatic carboxylic acids is 1. The van der Waals surface area contributed by atoms with Crippen molar-refractivity contribution >= 4 is 17.6 Å². The lowest BCUT2D eigenvalue weighted by molar-refractivity contribution is 0.0694. The van der Waals surface area contributed by atoms with Crippen LogP contribution >= 0.6 is 11.6 Å². The number of ether oxygens (including phenoxy) is 1.